The van der Waals surface area contributed by atoms with E-state index in [0.717, 1.165) is 50.5 Å². The highest BCUT2D eigenvalue weighted by molar-refractivity contribution is 5.82. The molecule has 0 spiro atoms. The van der Waals surface area contributed by atoms with Gasteiger partial charge in [-0.25, -0.2) is 0 Å². The van der Waals surface area contributed by atoms with Crippen LogP contribution in [0.4, 0.5) is 0 Å². The van der Waals surface area contributed by atoms with Crippen molar-refractivity contribution in [2.75, 3.05) is 46.0 Å². The number of aromatic nitrogens is 1. The van der Waals surface area contributed by atoms with Crippen molar-refractivity contribution in [2.45, 2.75) is 39.3 Å². The van der Waals surface area contributed by atoms with Crippen LogP contribution < -0.4 is 5.32 Å². The standard InChI is InChI=1S/C28H38N4O3/c1-20(2)15-32(18-25-9-8-24-19-34-13-14-35-27(24)30-25)28(33)23-7-4-12-31(17-23)16-22-6-3-5-21-10-11-29-26(21)22/h3,5-6,8-11,20,23,25,29-30H,4,7,12-19H2,1-2H3/t23-,25?/m1/s1. The summed E-state index contributed by atoms with van der Waals surface area (Å²) in [6.45, 7) is 10.2. The van der Waals surface area contributed by atoms with Gasteiger partial charge in [-0.2, -0.15) is 0 Å². The second kappa shape index (κ2) is 10.9. The molecule has 7 heteroatoms. The average molecular weight is 479 g/mol. The van der Waals surface area contributed by atoms with Gasteiger partial charge < -0.3 is 24.7 Å². The fraction of sp³-hybridized carbons (Fsp3) is 0.536. The Balaban J connectivity index is 1.24. The number of carbonyl (C=O) groups excluding carboxylic acids is 1. The molecule has 3 aliphatic heterocycles. The highest BCUT2D eigenvalue weighted by Gasteiger charge is 2.31. The first-order valence-corrected chi connectivity index (χ1v) is 13.0. The van der Waals surface area contributed by atoms with E-state index in [1.54, 1.807) is 0 Å². The van der Waals surface area contributed by atoms with Gasteiger partial charge in [0.25, 0.3) is 0 Å². The van der Waals surface area contributed by atoms with E-state index in [9.17, 15) is 4.79 Å². The Morgan fingerprint density at radius 2 is 2.17 bits per heavy atom. The van der Waals surface area contributed by atoms with E-state index in [1.165, 1.54) is 16.5 Å². The molecule has 1 aromatic heterocycles. The highest BCUT2D eigenvalue weighted by atomic mass is 16.5. The van der Waals surface area contributed by atoms with Gasteiger partial charge in [-0.05, 0) is 42.3 Å². The van der Waals surface area contributed by atoms with Gasteiger partial charge in [-0.15, -0.1) is 0 Å². The number of nitrogens with zero attached hydrogens (tertiary/aromatic N) is 2. The van der Waals surface area contributed by atoms with Gasteiger partial charge in [0.05, 0.1) is 25.2 Å². The number of carbonyl (C=O) groups is 1. The summed E-state index contributed by atoms with van der Waals surface area (Å²) in [4.78, 5) is 21.7. The van der Waals surface area contributed by atoms with Gasteiger partial charge in [0.2, 0.25) is 5.91 Å². The molecule has 1 fully saturated rings. The first-order chi connectivity index (χ1) is 17.1. The Labute approximate surface area is 208 Å². The van der Waals surface area contributed by atoms with E-state index in [0.29, 0.717) is 32.3 Å². The quantitative estimate of drug-likeness (QED) is 0.636. The SMILES string of the molecule is CC(C)CN(CC1C=CC2=C(N1)OCCOC2)C(=O)[C@@H]1CCCN(Cc2cccc3cc[nH]c23)C1. The number of para-hydroxylation sites is 1. The predicted octanol–water partition coefficient (Wildman–Crippen LogP) is 3.65. The largest absolute Gasteiger partial charge is 0.476 e. The monoisotopic (exact) mass is 478 g/mol. The number of nitrogens with one attached hydrogen (secondary N) is 2. The van der Waals surface area contributed by atoms with Crippen LogP contribution in [0, 0.1) is 11.8 Å². The number of dihydropyridines is 1. The molecular formula is C28H38N4O3. The van der Waals surface area contributed by atoms with Gasteiger partial charge in [0.15, 0.2) is 5.88 Å². The second-order valence-electron chi connectivity index (χ2n) is 10.4. The molecule has 35 heavy (non-hydrogen) atoms. The summed E-state index contributed by atoms with van der Waals surface area (Å²) in [6.07, 6.45) is 8.24. The minimum absolute atomic E-state index is 0.0372. The fourth-order valence-corrected chi connectivity index (χ4v) is 5.47. The molecule has 1 saturated heterocycles. The molecule has 0 aliphatic carbocycles. The van der Waals surface area contributed by atoms with Gasteiger partial charge in [-0.1, -0.05) is 44.2 Å². The lowest BCUT2D eigenvalue weighted by molar-refractivity contribution is -0.138. The summed E-state index contributed by atoms with van der Waals surface area (Å²) in [5, 5.41) is 4.74. The van der Waals surface area contributed by atoms with E-state index >= 15 is 0 Å². The summed E-state index contributed by atoms with van der Waals surface area (Å²) >= 11 is 0. The van der Waals surface area contributed by atoms with Crippen molar-refractivity contribution in [2.24, 2.45) is 11.8 Å². The van der Waals surface area contributed by atoms with Crippen molar-refractivity contribution in [1.29, 1.82) is 0 Å². The van der Waals surface area contributed by atoms with Crippen LogP contribution in [0.2, 0.25) is 0 Å². The number of ether oxygens (including phenoxy) is 2. The molecule has 4 heterocycles. The van der Waals surface area contributed by atoms with Gasteiger partial charge in [0.1, 0.15) is 6.61 Å². The molecule has 0 bridgehead atoms. The van der Waals surface area contributed by atoms with Gasteiger partial charge in [0, 0.05) is 43.5 Å². The molecule has 2 atom stereocenters. The van der Waals surface area contributed by atoms with E-state index < -0.39 is 0 Å². The van der Waals surface area contributed by atoms with E-state index in [1.807, 2.05) is 6.20 Å². The lowest BCUT2D eigenvalue weighted by Crippen LogP contribution is -2.50. The maximum absolute atomic E-state index is 13.8. The third-order valence-electron chi connectivity index (χ3n) is 7.11. The molecule has 5 rings (SSSR count). The van der Waals surface area contributed by atoms with E-state index in [2.05, 4.69) is 70.4 Å². The topological polar surface area (TPSA) is 69.8 Å². The number of fused-ring (bicyclic) bond motifs is 1. The third-order valence-corrected chi connectivity index (χ3v) is 7.11. The van der Waals surface area contributed by atoms with Crippen molar-refractivity contribution < 1.29 is 14.3 Å². The number of H-pyrrole nitrogens is 1. The van der Waals surface area contributed by atoms with Gasteiger partial charge >= 0.3 is 0 Å². The molecule has 1 unspecified atom stereocenters. The maximum Gasteiger partial charge on any atom is 0.227 e. The average Bonchev–Trinajstić information content (AvgIpc) is 3.22. The Kier molecular flexibility index (Phi) is 7.44. The molecule has 2 aromatic rings. The van der Waals surface area contributed by atoms with E-state index in [4.69, 9.17) is 9.47 Å². The van der Waals surface area contributed by atoms with Crippen LogP contribution in [0.3, 0.4) is 0 Å². The second-order valence-corrected chi connectivity index (χ2v) is 10.4. The summed E-state index contributed by atoms with van der Waals surface area (Å²) in [6, 6.07) is 8.62. The molecule has 1 amide bonds. The van der Waals surface area contributed by atoms with Crippen molar-refractivity contribution in [3.05, 3.63) is 59.6 Å². The van der Waals surface area contributed by atoms with Crippen molar-refractivity contribution >= 4 is 16.8 Å². The molecule has 3 aliphatic rings. The van der Waals surface area contributed by atoms with Crippen LogP contribution >= 0.6 is 0 Å². The Hall–Kier alpha value is -2.77. The first kappa shape index (κ1) is 23.9. The zero-order chi connectivity index (χ0) is 24.2. The number of rotatable bonds is 7. The predicted molar refractivity (Wildman–Crippen MR) is 138 cm³/mol. The number of likely N-dealkylation sites (tertiary alicyclic amines) is 1. The van der Waals surface area contributed by atoms with Crippen LogP contribution in [0.1, 0.15) is 32.3 Å². The van der Waals surface area contributed by atoms with Crippen molar-refractivity contribution in [1.82, 2.24) is 20.1 Å². The minimum atomic E-state index is 0.0372. The number of amides is 1. The number of hydrogen-bond acceptors (Lipinski definition) is 5. The normalized spacial score (nSPS) is 23.1. The maximum atomic E-state index is 13.8. The summed E-state index contributed by atoms with van der Waals surface area (Å²) < 4.78 is 11.4. The Morgan fingerprint density at radius 3 is 3.06 bits per heavy atom. The zero-order valence-electron chi connectivity index (χ0n) is 21.0. The van der Waals surface area contributed by atoms with Crippen LogP contribution in [-0.4, -0.2) is 72.7 Å². The van der Waals surface area contributed by atoms with E-state index in [-0.39, 0.29) is 17.9 Å². The molecular weight excluding hydrogens is 440 g/mol. The molecule has 0 saturated carbocycles. The summed E-state index contributed by atoms with van der Waals surface area (Å²) in [7, 11) is 0. The van der Waals surface area contributed by atoms with Crippen LogP contribution in [0.15, 0.2) is 54.1 Å². The molecule has 188 valence electrons. The molecule has 2 N–H and O–H groups in total. The molecule has 1 aromatic carbocycles. The minimum Gasteiger partial charge on any atom is -0.476 e. The van der Waals surface area contributed by atoms with Crippen LogP contribution in [0.5, 0.6) is 0 Å². The number of benzene rings is 1. The Morgan fingerprint density at radius 1 is 1.26 bits per heavy atom. The van der Waals surface area contributed by atoms with Crippen molar-refractivity contribution in [3.63, 3.8) is 0 Å². The number of piperidine rings is 1. The fourth-order valence-electron chi connectivity index (χ4n) is 5.47. The smallest absolute Gasteiger partial charge is 0.227 e. The van der Waals surface area contributed by atoms with Crippen molar-refractivity contribution in [3.8, 4) is 0 Å². The zero-order valence-corrected chi connectivity index (χ0v) is 21.0. The lowest BCUT2D eigenvalue weighted by atomic mass is 9.95. The first-order valence-electron chi connectivity index (χ1n) is 13.0. The van der Waals surface area contributed by atoms with Gasteiger partial charge in [-0.3, -0.25) is 9.69 Å². The third kappa shape index (κ3) is 5.73. The van der Waals surface area contributed by atoms with Crippen LogP contribution in [0.25, 0.3) is 10.9 Å². The number of hydrogen-bond donors (Lipinski definition) is 2. The molecule has 7 nitrogen and oxygen atoms in total. The number of aromatic amines is 1. The highest BCUT2D eigenvalue weighted by Crippen LogP contribution is 2.25. The lowest BCUT2D eigenvalue weighted by Gasteiger charge is -2.37. The molecule has 0 radical (unpaired) electrons. The van der Waals surface area contributed by atoms with Crippen LogP contribution in [-0.2, 0) is 20.8 Å². The summed E-state index contributed by atoms with van der Waals surface area (Å²) in [5.74, 6) is 1.53. The Bertz CT molecular complexity index is 1090. The summed E-state index contributed by atoms with van der Waals surface area (Å²) in [5.41, 5.74) is 3.55.